The van der Waals surface area contributed by atoms with Crippen LogP contribution in [0.25, 0.3) is 0 Å². The van der Waals surface area contributed by atoms with Crippen molar-refractivity contribution in [1.82, 2.24) is 4.90 Å². The molecule has 0 amide bonds. The van der Waals surface area contributed by atoms with Crippen LogP contribution < -0.4 is 10.5 Å². The zero-order valence-electron chi connectivity index (χ0n) is 13.2. The van der Waals surface area contributed by atoms with Gasteiger partial charge in [0, 0.05) is 25.7 Å². The van der Waals surface area contributed by atoms with Crippen molar-refractivity contribution in [3.8, 4) is 5.75 Å². The molecule has 4 heteroatoms. The number of nitrogens with zero attached hydrogens (tertiary/aromatic N) is 1. The van der Waals surface area contributed by atoms with Crippen LogP contribution in [0.4, 0.5) is 0 Å². The van der Waals surface area contributed by atoms with Gasteiger partial charge in [-0.1, -0.05) is 13.0 Å². The maximum atomic E-state index is 6.53. The Morgan fingerprint density at radius 3 is 2.81 bits per heavy atom. The normalized spacial score (nSPS) is 33.0. The van der Waals surface area contributed by atoms with Crippen molar-refractivity contribution in [2.45, 2.75) is 38.0 Å². The van der Waals surface area contributed by atoms with Crippen molar-refractivity contribution < 1.29 is 9.47 Å². The van der Waals surface area contributed by atoms with Crippen LogP contribution in [0.15, 0.2) is 18.2 Å². The highest BCUT2D eigenvalue weighted by Crippen LogP contribution is 2.36. The molecule has 1 saturated heterocycles. The topological polar surface area (TPSA) is 47.7 Å². The summed E-state index contributed by atoms with van der Waals surface area (Å²) < 4.78 is 11.0. The smallest absolute Gasteiger partial charge is 0.119 e. The predicted molar refractivity (Wildman–Crippen MR) is 83.6 cm³/mol. The molecule has 4 nitrogen and oxygen atoms in total. The van der Waals surface area contributed by atoms with Gasteiger partial charge in [-0.3, -0.25) is 4.90 Å². The SMILES string of the molecule is COc1ccc2c(c1)C(N)C(N1CCC(C)C(OC)C1)C2. The molecule has 0 radical (unpaired) electrons. The van der Waals surface area contributed by atoms with E-state index in [1.165, 1.54) is 17.5 Å². The number of rotatable bonds is 3. The quantitative estimate of drug-likeness (QED) is 0.924. The van der Waals surface area contributed by atoms with Crippen LogP contribution in [0.5, 0.6) is 5.75 Å². The van der Waals surface area contributed by atoms with Crippen LogP contribution in [0, 0.1) is 5.92 Å². The van der Waals surface area contributed by atoms with Gasteiger partial charge in [-0.05, 0) is 48.6 Å². The van der Waals surface area contributed by atoms with Crippen LogP contribution in [0.2, 0.25) is 0 Å². The first-order valence-electron chi connectivity index (χ1n) is 7.83. The largest absolute Gasteiger partial charge is 0.497 e. The Labute approximate surface area is 127 Å². The molecule has 3 rings (SSSR count). The highest BCUT2D eigenvalue weighted by molar-refractivity contribution is 5.42. The molecule has 1 aromatic carbocycles. The van der Waals surface area contributed by atoms with E-state index in [1.54, 1.807) is 7.11 Å². The molecule has 1 aliphatic heterocycles. The van der Waals surface area contributed by atoms with Crippen molar-refractivity contribution in [3.05, 3.63) is 29.3 Å². The van der Waals surface area contributed by atoms with E-state index in [0.29, 0.717) is 18.1 Å². The lowest BCUT2D eigenvalue weighted by Crippen LogP contribution is -2.51. The summed E-state index contributed by atoms with van der Waals surface area (Å²) in [6.07, 6.45) is 2.54. The fraction of sp³-hybridized carbons (Fsp3) is 0.647. The number of fused-ring (bicyclic) bond motifs is 1. The average Bonchev–Trinajstić information content (AvgIpc) is 2.84. The maximum absolute atomic E-state index is 6.53. The predicted octanol–water partition coefficient (Wildman–Crippen LogP) is 1.98. The van der Waals surface area contributed by atoms with Crippen molar-refractivity contribution in [3.63, 3.8) is 0 Å². The second kappa shape index (κ2) is 5.95. The number of methoxy groups -OCH3 is 2. The van der Waals surface area contributed by atoms with Gasteiger partial charge in [0.15, 0.2) is 0 Å². The van der Waals surface area contributed by atoms with E-state index in [2.05, 4.69) is 24.0 Å². The van der Waals surface area contributed by atoms with Crippen LogP contribution in [-0.4, -0.2) is 44.4 Å². The number of likely N-dealkylation sites (tertiary alicyclic amines) is 1. The van der Waals surface area contributed by atoms with Gasteiger partial charge in [0.05, 0.1) is 13.2 Å². The average molecular weight is 290 g/mol. The summed E-state index contributed by atoms with van der Waals surface area (Å²) in [6.45, 7) is 4.38. The van der Waals surface area contributed by atoms with Crippen molar-refractivity contribution >= 4 is 0 Å². The molecular weight excluding hydrogens is 264 g/mol. The molecule has 1 aliphatic carbocycles. The van der Waals surface area contributed by atoms with Crippen LogP contribution in [-0.2, 0) is 11.2 Å². The molecule has 21 heavy (non-hydrogen) atoms. The molecular formula is C17H26N2O2. The van der Waals surface area contributed by atoms with Gasteiger partial charge in [0.1, 0.15) is 5.75 Å². The van der Waals surface area contributed by atoms with E-state index in [4.69, 9.17) is 15.2 Å². The number of piperidine rings is 1. The molecule has 2 N–H and O–H groups in total. The maximum Gasteiger partial charge on any atom is 0.119 e. The third kappa shape index (κ3) is 2.68. The summed E-state index contributed by atoms with van der Waals surface area (Å²) in [5.74, 6) is 1.53. The Bertz CT molecular complexity index is 506. The Balaban J connectivity index is 1.76. The number of nitrogens with two attached hydrogens (primary N) is 1. The van der Waals surface area contributed by atoms with Gasteiger partial charge >= 0.3 is 0 Å². The molecule has 4 unspecified atom stereocenters. The minimum absolute atomic E-state index is 0.0704. The Hall–Kier alpha value is -1.10. The first kappa shape index (κ1) is 14.8. The number of benzene rings is 1. The molecule has 116 valence electrons. The Kier molecular flexibility index (Phi) is 4.20. The number of hydrogen-bond donors (Lipinski definition) is 1. The van der Waals surface area contributed by atoms with Gasteiger partial charge in [0.2, 0.25) is 0 Å². The lowest BCUT2D eigenvalue weighted by Gasteiger charge is -2.40. The van der Waals surface area contributed by atoms with Crippen LogP contribution >= 0.6 is 0 Å². The Morgan fingerprint density at radius 2 is 2.10 bits per heavy atom. The lowest BCUT2D eigenvalue weighted by atomic mass is 9.93. The Morgan fingerprint density at radius 1 is 1.29 bits per heavy atom. The van der Waals surface area contributed by atoms with Crippen molar-refractivity contribution in [2.24, 2.45) is 11.7 Å². The van der Waals surface area contributed by atoms with E-state index in [-0.39, 0.29) is 6.04 Å². The van der Waals surface area contributed by atoms with Gasteiger partial charge in [-0.2, -0.15) is 0 Å². The highest BCUT2D eigenvalue weighted by Gasteiger charge is 2.37. The van der Waals surface area contributed by atoms with Crippen molar-refractivity contribution in [2.75, 3.05) is 27.3 Å². The zero-order valence-corrected chi connectivity index (χ0v) is 13.2. The van der Waals surface area contributed by atoms with E-state index < -0.39 is 0 Å². The third-order valence-corrected chi connectivity index (χ3v) is 5.25. The van der Waals surface area contributed by atoms with Crippen molar-refractivity contribution in [1.29, 1.82) is 0 Å². The summed E-state index contributed by atoms with van der Waals surface area (Å²) in [7, 11) is 3.52. The monoisotopic (exact) mass is 290 g/mol. The van der Waals surface area contributed by atoms with E-state index in [0.717, 1.165) is 25.3 Å². The summed E-state index contributed by atoms with van der Waals surface area (Å²) in [6, 6.07) is 6.75. The zero-order chi connectivity index (χ0) is 15.0. The fourth-order valence-corrected chi connectivity index (χ4v) is 3.78. The molecule has 0 aromatic heterocycles. The first-order valence-corrected chi connectivity index (χ1v) is 7.83. The van der Waals surface area contributed by atoms with E-state index in [9.17, 15) is 0 Å². The third-order valence-electron chi connectivity index (χ3n) is 5.25. The molecule has 0 bridgehead atoms. The van der Waals surface area contributed by atoms with E-state index in [1.807, 2.05) is 13.2 Å². The molecule has 2 aliphatic rings. The van der Waals surface area contributed by atoms with Gasteiger partial charge < -0.3 is 15.2 Å². The van der Waals surface area contributed by atoms with Gasteiger partial charge in [-0.15, -0.1) is 0 Å². The van der Waals surface area contributed by atoms with Gasteiger partial charge in [-0.25, -0.2) is 0 Å². The van der Waals surface area contributed by atoms with E-state index >= 15 is 0 Å². The minimum Gasteiger partial charge on any atom is -0.497 e. The summed E-state index contributed by atoms with van der Waals surface area (Å²) in [5.41, 5.74) is 9.13. The molecule has 1 fully saturated rings. The molecule has 4 atom stereocenters. The second-order valence-corrected chi connectivity index (χ2v) is 6.40. The van der Waals surface area contributed by atoms with Gasteiger partial charge in [0.25, 0.3) is 0 Å². The molecule has 1 aromatic rings. The first-order chi connectivity index (χ1) is 10.1. The number of hydrogen-bond acceptors (Lipinski definition) is 4. The molecule has 0 spiro atoms. The standard InChI is InChI=1S/C17H26N2O2/c1-11-6-7-19(10-16(11)21-3)15-8-12-4-5-13(20-2)9-14(12)17(15)18/h4-5,9,11,15-17H,6-8,10,18H2,1-3H3. The lowest BCUT2D eigenvalue weighted by molar-refractivity contribution is -0.0210. The summed E-state index contributed by atoms with van der Waals surface area (Å²) in [4.78, 5) is 2.52. The fourth-order valence-electron chi connectivity index (χ4n) is 3.78. The highest BCUT2D eigenvalue weighted by atomic mass is 16.5. The van der Waals surface area contributed by atoms with Crippen LogP contribution in [0.3, 0.4) is 0 Å². The summed E-state index contributed by atoms with van der Waals surface area (Å²) in [5, 5.41) is 0. The minimum atomic E-state index is 0.0704. The molecule has 1 heterocycles. The second-order valence-electron chi connectivity index (χ2n) is 6.40. The number of ether oxygens (including phenoxy) is 2. The summed E-state index contributed by atoms with van der Waals surface area (Å²) >= 11 is 0. The van der Waals surface area contributed by atoms with Crippen LogP contribution in [0.1, 0.15) is 30.5 Å². The molecule has 0 saturated carbocycles.